The summed E-state index contributed by atoms with van der Waals surface area (Å²) in [5.41, 5.74) is 1.80. The molecule has 1 heterocycles. The highest BCUT2D eigenvalue weighted by molar-refractivity contribution is 5.90. The van der Waals surface area contributed by atoms with Gasteiger partial charge in [0.05, 0.1) is 14.2 Å². The van der Waals surface area contributed by atoms with Gasteiger partial charge in [-0.15, -0.1) is 0 Å². The van der Waals surface area contributed by atoms with E-state index in [1.54, 1.807) is 49.7 Å². The molecule has 0 fully saturated rings. The number of anilines is 1. The van der Waals surface area contributed by atoms with Crippen molar-refractivity contribution < 1.29 is 14.3 Å². The maximum atomic E-state index is 12.6. The van der Waals surface area contributed by atoms with Crippen LogP contribution in [-0.2, 0) is 6.42 Å². The van der Waals surface area contributed by atoms with Crippen LogP contribution in [0.2, 0.25) is 0 Å². The molecule has 6 nitrogen and oxygen atoms in total. The summed E-state index contributed by atoms with van der Waals surface area (Å²) < 4.78 is 10.5. The number of methoxy groups -OCH3 is 2. The highest BCUT2D eigenvalue weighted by atomic mass is 16.5. The van der Waals surface area contributed by atoms with Gasteiger partial charge in [-0.2, -0.15) is 0 Å². The van der Waals surface area contributed by atoms with Crippen LogP contribution in [0.3, 0.4) is 0 Å². The van der Waals surface area contributed by atoms with Crippen LogP contribution in [0.25, 0.3) is 0 Å². The molecule has 1 atom stereocenters. The number of hydrogen-bond acceptors (Lipinski definition) is 4. The van der Waals surface area contributed by atoms with Crippen LogP contribution in [0.4, 0.5) is 10.5 Å². The Bertz CT molecular complexity index is 762. The van der Waals surface area contributed by atoms with E-state index in [0.29, 0.717) is 23.6 Å². The normalized spacial score (nSPS) is 15.6. The largest absolute Gasteiger partial charge is 0.493 e. The SMILES string of the molecule is COc1ccc(NC(=O)N2C=CNC2Cc2ccccc2)cc1OC. The molecule has 0 saturated carbocycles. The van der Waals surface area contributed by atoms with E-state index in [2.05, 4.69) is 10.6 Å². The Kier molecular flexibility index (Phi) is 5.09. The molecule has 1 aliphatic rings. The molecule has 2 amide bonds. The number of hydrogen-bond donors (Lipinski definition) is 2. The van der Waals surface area contributed by atoms with Gasteiger partial charge in [0, 0.05) is 30.6 Å². The number of nitrogens with zero attached hydrogens (tertiary/aromatic N) is 1. The summed E-state index contributed by atoms with van der Waals surface area (Å²) >= 11 is 0. The van der Waals surface area contributed by atoms with E-state index in [1.807, 2.05) is 30.3 Å². The number of rotatable bonds is 5. The third kappa shape index (κ3) is 3.85. The van der Waals surface area contributed by atoms with E-state index in [1.165, 1.54) is 0 Å². The molecule has 2 N–H and O–H groups in total. The van der Waals surface area contributed by atoms with Crippen molar-refractivity contribution in [2.45, 2.75) is 12.6 Å². The van der Waals surface area contributed by atoms with Crippen LogP contribution in [0.15, 0.2) is 60.9 Å². The van der Waals surface area contributed by atoms with Crippen LogP contribution in [-0.4, -0.2) is 31.3 Å². The average Bonchev–Trinajstić information content (AvgIpc) is 3.10. The van der Waals surface area contributed by atoms with Crippen LogP contribution >= 0.6 is 0 Å². The lowest BCUT2D eigenvalue weighted by Gasteiger charge is -2.24. The van der Waals surface area contributed by atoms with Gasteiger partial charge in [-0.05, 0) is 17.7 Å². The highest BCUT2D eigenvalue weighted by Crippen LogP contribution is 2.30. The Balaban J connectivity index is 1.68. The van der Waals surface area contributed by atoms with Gasteiger partial charge >= 0.3 is 6.03 Å². The van der Waals surface area contributed by atoms with Crippen molar-refractivity contribution in [3.8, 4) is 11.5 Å². The van der Waals surface area contributed by atoms with Gasteiger partial charge in [-0.25, -0.2) is 4.79 Å². The first-order valence-corrected chi connectivity index (χ1v) is 7.99. The molecule has 0 aliphatic carbocycles. The molecule has 1 unspecified atom stereocenters. The van der Waals surface area contributed by atoms with Crippen LogP contribution in [0, 0.1) is 0 Å². The Morgan fingerprint density at radius 2 is 1.88 bits per heavy atom. The maximum absolute atomic E-state index is 12.6. The topological polar surface area (TPSA) is 62.8 Å². The second-order valence-electron chi connectivity index (χ2n) is 5.60. The highest BCUT2D eigenvalue weighted by Gasteiger charge is 2.25. The number of urea groups is 1. The van der Waals surface area contributed by atoms with Crippen molar-refractivity contribution >= 4 is 11.7 Å². The Labute approximate surface area is 147 Å². The lowest BCUT2D eigenvalue weighted by molar-refractivity contribution is 0.214. The fourth-order valence-electron chi connectivity index (χ4n) is 2.72. The van der Waals surface area contributed by atoms with E-state index in [9.17, 15) is 4.79 Å². The molecule has 2 aromatic rings. The first kappa shape index (κ1) is 16.7. The molecular weight excluding hydrogens is 318 g/mol. The van der Waals surface area contributed by atoms with Gasteiger partial charge < -0.3 is 20.1 Å². The zero-order chi connectivity index (χ0) is 17.6. The summed E-state index contributed by atoms with van der Waals surface area (Å²) in [7, 11) is 3.14. The minimum Gasteiger partial charge on any atom is -0.493 e. The van der Waals surface area contributed by atoms with E-state index >= 15 is 0 Å². The zero-order valence-electron chi connectivity index (χ0n) is 14.2. The smallest absolute Gasteiger partial charge is 0.327 e. The summed E-state index contributed by atoms with van der Waals surface area (Å²) in [4.78, 5) is 14.3. The van der Waals surface area contributed by atoms with Crippen molar-refractivity contribution in [3.05, 3.63) is 66.5 Å². The van der Waals surface area contributed by atoms with Crippen molar-refractivity contribution in [1.82, 2.24) is 10.2 Å². The lowest BCUT2D eigenvalue weighted by Crippen LogP contribution is -2.43. The molecule has 130 valence electrons. The van der Waals surface area contributed by atoms with Gasteiger partial charge in [0.1, 0.15) is 6.17 Å². The number of benzene rings is 2. The summed E-state index contributed by atoms with van der Waals surface area (Å²) in [6.45, 7) is 0. The number of carbonyl (C=O) groups excluding carboxylic acids is 1. The second kappa shape index (κ2) is 7.61. The summed E-state index contributed by atoms with van der Waals surface area (Å²) in [6, 6.07) is 15.1. The van der Waals surface area contributed by atoms with E-state index < -0.39 is 0 Å². The molecule has 25 heavy (non-hydrogen) atoms. The quantitative estimate of drug-likeness (QED) is 0.878. The minimum absolute atomic E-state index is 0.123. The molecular formula is C19H21N3O3. The summed E-state index contributed by atoms with van der Waals surface area (Å²) in [5.74, 6) is 1.18. The van der Waals surface area contributed by atoms with Crippen LogP contribution in [0.1, 0.15) is 5.56 Å². The number of nitrogens with one attached hydrogen (secondary N) is 2. The predicted octanol–water partition coefficient (Wildman–Crippen LogP) is 3.18. The first-order chi connectivity index (χ1) is 12.2. The zero-order valence-corrected chi connectivity index (χ0v) is 14.2. The van der Waals surface area contributed by atoms with Gasteiger partial charge in [0.2, 0.25) is 0 Å². The fourth-order valence-corrected chi connectivity index (χ4v) is 2.72. The van der Waals surface area contributed by atoms with Gasteiger partial charge in [-0.3, -0.25) is 4.90 Å². The van der Waals surface area contributed by atoms with Crippen LogP contribution in [0.5, 0.6) is 11.5 Å². The van der Waals surface area contributed by atoms with Crippen molar-refractivity contribution in [2.24, 2.45) is 0 Å². The molecule has 1 aliphatic heterocycles. The van der Waals surface area contributed by atoms with E-state index in [-0.39, 0.29) is 12.2 Å². The van der Waals surface area contributed by atoms with Crippen LogP contribution < -0.4 is 20.1 Å². The molecule has 0 radical (unpaired) electrons. The van der Waals surface area contributed by atoms with Crippen molar-refractivity contribution in [1.29, 1.82) is 0 Å². The summed E-state index contributed by atoms with van der Waals surface area (Å²) in [6.07, 6.45) is 4.11. The Morgan fingerprint density at radius 1 is 1.12 bits per heavy atom. The third-order valence-electron chi connectivity index (χ3n) is 4.00. The molecule has 6 heteroatoms. The second-order valence-corrected chi connectivity index (χ2v) is 5.60. The molecule has 2 aromatic carbocycles. The monoisotopic (exact) mass is 339 g/mol. The maximum Gasteiger partial charge on any atom is 0.327 e. The van der Waals surface area contributed by atoms with E-state index in [4.69, 9.17) is 9.47 Å². The molecule has 0 aromatic heterocycles. The third-order valence-corrected chi connectivity index (χ3v) is 4.00. The molecule has 0 bridgehead atoms. The first-order valence-electron chi connectivity index (χ1n) is 7.99. The van der Waals surface area contributed by atoms with Crippen molar-refractivity contribution in [2.75, 3.05) is 19.5 Å². The van der Waals surface area contributed by atoms with E-state index in [0.717, 1.165) is 5.56 Å². The Hall–Kier alpha value is -3.15. The number of carbonyl (C=O) groups is 1. The van der Waals surface area contributed by atoms with Gasteiger partial charge in [0.25, 0.3) is 0 Å². The number of amides is 2. The molecule has 0 saturated heterocycles. The van der Waals surface area contributed by atoms with Gasteiger partial charge in [-0.1, -0.05) is 30.3 Å². The standard InChI is InChI=1S/C19H21N3O3/c1-24-16-9-8-15(13-17(16)25-2)21-19(23)22-11-10-20-18(22)12-14-6-4-3-5-7-14/h3-11,13,18,20H,12H2,1-2H3,(H,21,23). The molecule has 3 rings (SSSR count). The molecule has 0 spiro atoms. The fraction of sp³-hybridized carbons (Fsp3) is 0.211. The average molecular weight is 339 g/mol. The predicted molar refractivity (Wildman–Crippen MR) is 96.6 cm³/mol. The Morgan fingerprint density at radius 3 is 2.60 bits per heavy atom. The number of ether oxygens (including phenoxy) is 2. The lowest BCUT2D eigenvalue weighted by atomic mass is 10.1. The van der Waals surface area contributed by atoms with Crippen molar-refractivity contribution in [3.63, 3.8) is 0 Å². The summed E-state index contributed by atoms with van der Waals surface area (Å²) in [5, 5.41) is 6.09. The minimum atomic E-state index is -0.214. The van der Waals surface area contributed by atoms with Gasteiger partial charge in [0.15, 0.2) is 11.5 Å².